The van der Waals surface area contributed by atoms with Crippen LogP contribution in [0.4, 0.5) is 23.3 Å². The molecule has 0 aliphatic carbocycles. The van der Waals surface area contributed by atoms with Gasteiger partial charge >= 0.3 is 0 Å². The predicted octanol–water partition coefficient (Wildman–Crippen LogP) is 4.79. The van der Waals surface area contributed by atoms with Gasteiger partial charge in [0, 0.05) is 44.6 Å². The molecule has 6 N–H and O–H groups in total. The zero-order chi connectivity index (χ0) is 32.2. The monoisotopic (exact) mass is 702 g/mol. The van der Waals surface area contributed by atoms with Crippen LogP contribution in [-0.2, 0) is 20.0 Å². The van der Waals surface area contributed by atoms with Gasteiger partial charge < -0.3 is 10.6 Å². The molecule has 6 rings (SSSR count). The highest BCUT2D eigenvalue weighted by atomic mass is 79.9. The van der Waals surface area contributed by atoms with Crippen molar-refractivity contribution in [2.75, 3.05) is 10.6 Å². The Morgan fingerprint density at radius 1 is 0.644 bits per heavy atom. The zero-order valence-electron chi connectivity index (χ0n) is 23.1. The lowest BCUT2D eigenvalue weighted by atomic mass is 10.1. The average molecular weight is 704 g/mol. The summed E-state index contributed by atoms with van der Waals surface area (Å²) in [6, 6.07) is 23.3. The van der Waals surface area contributed by atoms with Gasteiger partial charge in [-0.1, -0.05) is 21.9 Å². The molecule has 4 aromatic carbocycles. The molecular weight excluding hydrogens is 680 g/mol. The van der Waals surface area contributed by atoms with E-state index in [1.54, 1.807) is 42.7 Å². The SMILES string of the molecule is C#Cc1ccc2nc(Nc3ccc(S(N)(=O)=O)cc3)ncc2c1.NS(=O)(=O)c1ccc(Nc2ncc3cc(Br)ccc3n2)cc1. The highest BCUT2D eigenvalue weighted by Gasteiger charge is 2.09. The van der Waals surface area contributed by atoms with E-state index in [1.807, 2.05) is 30.3 Å². The van der Waals surface area contributed by atoms with Crippen LogP contribution in [0.2, 0.25) is 0 Å². The zero-order valence-corrected chi connectivity index (χ0v) is 26.3. The van der Waals surface area contributed by atoms with E-state index in [1.165, 1.54) is 24.3 Å². The fourth-order valence-corrected chi connectivity index (χ4v) is 5.37. The molecule has 0 spiro atoms. The number of nitrogens with two attached hydrogens (primary N) is 2. The van der Waals surface area contributed by atoms with Gasteiger partial charge in [-0.15, -0.1) is 6.42 Å². The van der Waals surface area contributed by atoms with Crippen molar-refractivity contribution in [2.45, 2.75) is 9.79 Å². The molecule has 226 valence electrons. The maximum absolute atomic E-state index is 11.2. The van der Waals surface area contributed by atoms with Crippen molar-refractivity contribution in [3.8, 4) is 12.3 Å². The predicted molar refractivity (Wildman–Crippen MR) is 177 cm³/mol. The van der Waals surface area contributed by atoms with Crippen LogP contribution < -0.4 is 20.9 Å². The van der Waals surface area contributed by atoms with Gasteiger partial charge in [0.15, 0.2) is 0 Å². The van der Waals surface area contributed by atoms with Crippen LogP contribution in [0.3, 0.4) is 0 Å². The molecule has 2 aromatic heterocycles. The number of halogens is 1. The quantitative estimate of drug-likeness (QED) is 0.175. The molecule has 0 aliphatic heterocycles. The van der Waals surface area contributed by atoms with Gasteiger partial charge in [-0.3, -0.25) is 0 Å². The second-order valence-electron chi connectivity index (χ2n) is 9.40. The number of fused-ring (bicyclic) bond motifs is 2. The molecular formula is C30H23BrN8O4S2. The normalized spacial score (nSPS) is 11.3. The van der Waals surface area contributed by atoms with Crippen LogP contribution in [-0.4, -0.2) is 36.8 Å². The van der Waals surface area contributed by atoms with Crippen molar-refractivity contribution >= 4 is 81.1 Å². The van der Waals surface area contributed by atoms with Crippen molar-refractivity contribution < 1.29 is 16.8 Å². The lowest BCUT2D eigenvalue weighted by Gasteiger charge is -2.06. The summed E-state index contributed by atoms with van der Waals surface area (Å²) in [6.07, 6.45) is 8.75. The van der Waals surface area contributed by atoms with Gasteiger partial charge in [-0.2, -0.15) is 0 Å². The number of terminal acetylenes is 1. The summed E-state index contributed by atoms with van der Waals surface area (Å²) < 4.78 is 45.8. The maximum atomic E-state index is 11.2. The van der Waals surface area contributed by atoms with Crippen molar-refractivity contribution in [3.63, 3.8) is 0 Å². The fraction of sp³-hybridized carbons (Fsp3) is 0. The molecule has 0 saturated carbocycles. The molecule has 6 aromatic rings. The Morgan fingerprint density at radius 2 is 1.09 bits per heavy atom. The topological polar surface area (TPSA) is 196 Å². The van der Waals surface area contributed by atoms with Gasteiger partial charge in [0.25, 0.3) is 0 Å². The first-order valence-corrected chi connectivity index (χ1v) is 16.7. The minimum atomic E-state index is -3.70. The van der Waals surface area contributed by atoms with E-state index < -0.39 is 20.0 Å². The molecule has 0 unspecified atom stereocenters. The second-order valence-corrected chi connectivity index (χ2v) is 13.4. The Bertz CT molecular complexity index is 2300. The number of rotatable bonds is 6. The Balaban J connectivity index is 0.000000178. The first-order valence-electron chi connectivity index (χ1n) is 12.8. The number of aromatic nitrogens is 4. The third-order valence-electron chi connectivity index (χ3n) is 6.17. The smallest absolute Gasteiger partial charge is 0.238 e. The van der Waals surface area contributed by atoms with E-state index in [-0.39, 0.29) is 9.79 Å². The Morgan fingerprint density at radius 3 is 1.53 bits per heavy atom. The number of primary sulfonamides is 2. The molecule has 0 amide bonds. The molecule has 45 heavy (non-hydrogen) atoms. The molecule has 0 fully saturated rings. The van der Waals surface area contributed by atoms with E-state index in [4.69, 9.17) is 16.7 Å². The van der Waals surface area contributed by atoms with Crippen LogP contribution in [0.15, 0.2) is 112 Å². The summed E-state index contributed by atoms with van der Waals surface area (Å²) >= 11 is 3.40. The Kier molecular flexibility index (Phi) is 9.04. The van der Waals surface area contributed by atoms with Crippen molar-refractivity contribution in [2.24, 2.45) is 10.3 Å². The van der Waals surface area contributed by atoms with E-state index >= 15 is 0 Å². The number of nitrogens with one attached hydrogen (secondary N) is 2. The summed E-state index contributed by atoms with van der Waals surface area (Å²) in [5.41, 5.74) is 3.64. The molecule has 0 aliphatic rings. The van der Waals surface area contributed by atoms with E-state index in [2.05, 4.69) is 52.4 Å². The highest BCUT2D eigenvalue weighted by Crippen LogP contribution is 2.22. The van der Waals surface area contributed by atoms with E-state index in [9.17, 15) is 16.8 Å². The first kappa shape index (κ1) is 31.4. The minimum absolute atomic E-state index is 0.0456. The van der Waals surface area contributed by atoms with Crippen molar-refractivity contribution in [1.29, 1.82) is 0 Å². The van der Waals surface area contributed by atoms with Gasteiger partial charge in [0.1, 0.15) is 0 Å². The highest BCUT2D eigenvalue weighted by molar-refractivity contribution is 9.10. The fourth-order valence-electron chi connectivity index (χ4n) is 3.96. The van der Waals surface area contributed by atoms with Crippen LogP contribution in [0, 0.1) is 12.3 Å². The van der Waals surface area contributed by atoms with Crippen LogP contribution in [0.5, 0.6) is 0 Å². The first-order chi connectivity index (χ1) is 21.4. The van der Waals surface area contributed by atoms with Crippen molar-refractivity contribution in [3.05, 3.63) is 107 Å². The van der Waals surface area contributed by atoms with E-state index in [0.29, 0.717) is 23.3 Å². The third-order valence-corrected chi connectivity index (χ3v) is 8.52. The summed E-state index contributed by atoms with van der Waals surface area (Å²) in [7, 11) is -7.39. The Labute approximate surface area is 267 Å². The molecule has 2 heterocycles. The van der Waals surface area contributed by atoms with Crippen LogP contribution >= 0.6 is 15.9 Å². The minimum Gasteiger partial charge on any atom is -0.324 e. The van der Waals surface area contributed by atoms with Gasteiger partial charge in [-0.25, -0.2) is 47.0 Å². The average Bonchev–Trinajstić information content (AvgIpc) is 3.01. The standard InChI is InChI=1S/C16H12N4O2S.C14H11BrN4O2S/c1-2-11-3-8-15-12(9-11)10-18-16(20-15)19-13-4-6-14(7-5-13)23(17,21)22;15-10-1-6-13-9(7-10)8-17-14(19-13)18-11-2-4-12(5-3-11)22(16,20)21/h1,3-10H,(H2,17,21,22)(H,18,19,20);1-8H,(H2,16,20,21)(H,17,18,19). The van der Waals surface area contributed by atoms with Gasteiger partial charge in [0.05, 0.1) is 20.8 Å². The molecule has 0 bridgehead atoms. The summed E-state index contributed by atoms with van der Waals surface area (Å²) in [4.78, 5) is 17.3. The summed E-state index contributed by atoms with van der Waals surface area (Å²) in [5, 5.41) is 17.9. The second kappa shape index (κ2) is 12.9. The molecule has 15 heteroatoms. The van der Waals surface area contributed by atoms with Gasteiger partial charge in [0.2, 0.25) is 31.9 Å². The molecule has 12 nitrogen and oxygen atoms in total. The lowest BCUT2D eigenvalue weighted by molar-refractivity contribution is 0.596. The van der Waals surface area contributed by atoms with E-state index in [0.717, 1.165) is 31.8 Å². The van der Waals surface area contributed by atoms with Crippen LogP contribution in [0.25, 0.3) is 21.8 Å². The molecule has 0 atom stereocenters. The number of hydrogen-bond acceptors (Lipinski definition) is 10. The number of hydrogen-bond donors (Lipinski definition) is 4. The number of anilines is 4. The van der Waals surface area contributed by atoms with Crippen LogP contribution in [0.1, 0.15) is 5.56 Å². The maximum Gasteiger partial charge on any atom is 0.238 e. The number of nitrogens with zero attached hydrogens (tertiary/aromatic N) is 4. The largest absolute Gasteiger partial charge is 0.324 e. The Hall–Kier alpha value is -4.98. The molecule has 0 saturated heterocycles. The van der Waals surface area contributed by atoms with Crippen molar-refractivity contribution in [1.82, 2.24) is 19.9 Å². The van der Waals surface area contributed by atoms with Gasteiger partial charge in [-0.05, 0) is 84.9 Å². The number of benzene rings is 4. The molecule has 0 radical (unpaired) electrons. The third kappa shape index (κ3) is 8.15. The lowest BCUT2D eigenvalue weighted by Crippen LogP contribution is -2.11. The number of sulfonamides is 2. The summed E-state index contributed by atoms with van der Waals surface area (Å²) in [6.45, 7) is 0. The summed E-state index contributed by atoms with van der Waals surface area (Å²) in [5.74, 6) is 3.39.